The molecule has 0 aromatic carbocycles. The van der Waals surface area contributed by atoms with Crippen molar-refractivity contribution in [3.63, 3.8) is 0 Å². The van der Waals surface area contributed by atoms with E-state index in [9.17, 15) is 15.0 Å². The van der Waals surface area contributed by atoms with E-state index < -0.39 is 5.97 Å². The number of aliphatic hydroxyl groups is 2. The van der Waals surface area contributed by atoms with E-state index in [-0.39, 0.29) is 24.0 Å². The highest BCUT2D eigenvalue weighted by Gasteiger charge is 2.47. The fourth-order valence-corrected chi connectivity index (χ4v) is 6.69. The third kappa shape index (κ3) is 5.72. The van der Waals surface area contributed by atoms with Gasteiger partial charge in [0.05, 0.1) is 18.6 Å². The molecule has 6 unspecified atom stereocenters. The van der Waals surface area contributed by atoms with Crippen molar-refractivity contribution in [3.05, 3.63) is 0 Å². The van der Waals surface area contributed by atoms with Crippen molar-refractivity contribution in [2.24, 2.45) is 35.0 Å². The maximum absolute atomic E-state index is 11.0. The first-order chi connectivity index (χ1) is 13.2. The summed E-state index contributed by atoms with van der Waals surface area (Å²) in [5.41, 5.74) is -0.132. The molecule has 0 bridgehead atoms. The van der Waals surface area contributed by atoms with Gasteiger partial charge < -0.3 is 15.3 Å². The highest BCUT2D eigenvalue weighted by Crippen LogP contribution is 2.53. The zero-order chi connectivity index (χ0) is 20.3. The van der Waals surface area contributed by atoms with Crippen LogP contribution in [-0.2, 0) is 4.79 Å². The van der Waals surface area contributed by atoms with Crippen LogP contribution < -0.4 is 0 Å². The highest BCUT2D eigenvalue weighted by atomic mass is 16.4. The second kappa shape index (κ2) is 9.47. The van der Waals surface area contributed by atoms with E-state index in [1.807, 2.05) is 0 Å². The van der Waals surface area contributed by atoms with Crippen LogP contribution in [0.4, 0.5) is 0 Å². The van der Waals surface area contributed by atoms with Crippen LogP contribution in [0.25, 0.3) is 0 Å². The van der Waals surface area contributed by atoms with Gasteiger partial charge in [0.15, 0.2) is 0 Å². The number of hydrogen-bond acceptors (Lipinski definition) is 3. The molecule has 3 N–H and O–H groups in total. The van der Waals surface area contributed by atoms with Crippen molar-refractivity contribution in [1.29, 1.82) is 0 Å². The predicted octanol–water partition coefficient (Wildman–Crippen LogP) is 5.01. The second-order valence-electron chi connectivity index (χ2n) is 11.0. The maximum Gasteiger partial charge on any atom is 0.303 e. The molecular weight excluding hydrogens is 352 g/mol. The van der Waals surface area contributed by atoms with Crippen molar-refractivity contribution >= 4 is 5.97 Å². The molecule has 0 saturated heterocycles. The van der Waals surface area contributed by atoms with Gasteiger partial charge in [-0.1, -0.05) is 33.1 Å². The number of carboxylic acids is 1. The Balaban J connectivity index is 1.45. The van der Waals surface area contributed by atoms with Crippen molar-refractivity contribution in [2.45, 2.75) is 110 Å². The van der Waals surface area contributed by atoms with E-state index in [1.165, 1.54) is 44.9 Å². The minimum atomic E-state index is -0.701. The Morgan fingerprint density at radius 3 is 2.46 bits per heavy atom. The van der Waals surface area contributed by atoms with Gasteiger partial charge in [0.25, 0.3) is 0 Å². The van der Waals surface area contributed by atoms with E-state index in [4.69, 9.17) is 5.11 Å². The van der Waals surface area contributed by atoms with Gasteiger partial charge in [-0.15, -0.1) is 0 Å². The number of rotatable bonds is 9. The predicted molar refractivity (Wildman–Crippen MR) is 111 cm³/mol. The van der Waals surface area contributed by atoms with Gasteiger partial charge in [-0.2, -0.15) is 0 Å². The fraction of sp³-hybridized carbons (Fsp3) is 0.958. The monoisotopic (exact) mass is 394 g/mol. The Morgan fingerprint density at radius 2 is 1.79 bits per heavy atom. The Labute approximate surface area is 171 Å². The molecule has 162 valence electrons. The molecule has 0 aliphatic heterocycles. The molecule has 0 spiro atoms. The normalized spacial score (nSPS) is 35.1. The van der Waals surface area contributed by atoms with Gasteiger partial charge in [0.2, 0.25) is 0 Å². The van der Waals surface area contributed by atoms with Crippen LogP contribution in [0, 0.1) is 35.0 Å². The number of aliphatic hydroxyl groups excluding tert-OH is 2. The van der Waals surface area contributed by atoms with Crippen molar-refractivity contribution in [1.82, 2.24) is 0 Å². The number of carbonyl (C=O) groups is 1. The lowest BCUT2D eigenvalue weighted by Gasteiger charge is -2.29. The van der Waals surface area contributed by atoms with Crippen LogP contribution in [-0.4, -0.2) is 33.5 Å². The Morgan fingerprint density at radius 1 is 1.07 bits per heavy atom. The van der Waals surface area contributed by atoms with Crippen LogP contribution in [0.5, 0.6) is 0 Å². The summed E-state index contributed by atoms with van der Waals surface area (Å²) in [6.45, 7) is 4.13. The molecule has 0 heterocycles. The lowest BCUT2D eigenvalue weighted by molar-refractivity contribution is -0.139. The summed E-state index contributed by atoms with van der Waals surface area (Å²) in [4.78, 5) is 11.0. The number of aliphatic carboxylic acids is 1. The van der Waals surface area contributed by atoms with E-state index in [1.54, 1.807) is 0 Å². The largest absolute Gasteiger partial charge is 0.481 e. The van der Waals surface area contributed by atoms with Gasteiger partial charge in [0.1, 0.15) is 0 Å². The first-order valence-corrected chi connectivity index (χ1v) is 11.8. The van der Waals surface area contributed by atoms with Crippen LogP contribution in [0.1, 0.15) is 97.3 Å². The standard InChI is InChI=1S/C24H42O4/c1-24(2,15-23(27)28)11-10-16-12-18-14-22(26)19(20(18)13-16)8-9-21(25)17-6-4-3-5-7-17/h16-22,25-26H,3-15H2,1-2H3,(H,27,28). The average molecular weight is 395 g/mol. The van der Waals surface area contributed by atoms with Gasteiger partial charge >= 0.3 is 5.97 Å². The van der Waals surface area contributed by atoms with Gasteiger partial charge in [-0.3, -0.25) is 4.79 Å². The van der Waals surface area contributed by atoms with E-state index >= 15 is 0 Å². The third-order valence-corrected chi connectivity index (χ3v) is 8.28. The second-order valence-corrected chi connectivity index (χ2v) is 11.0. The van der Waals surface area contributed by atoms with Crippen molar-refractivity contribution in [2.75, 3.05) is 0 Å². The SMILES string of the molecule is CC(C)(CCC1CC2CC(O)C(CCC(O)C3CCCCC3)C2C1)CC(=O)O. The zero-order valence-electron chi connectivity index (χ0n) is 18.0. The molecule has 28 heavy (non-hydrogen) atoms. The smallest absolute Gasteiger partial charge is 0.303 e. The minimum absolute atomic E-state index is 0.132. The summed E-state index contributed by atoms with van der Waals surface area (Å²) in [6, 6.07) is 0. The first kappa shape index (κ1) is 22.1. The van der Waals surface area contributed by atoms with Crippen molar-refractivity contribution in [3.8, 4) is 0 Å². The molecule has 0 aromatic heterocycles. The Hall–Kier alpha value is -0.610. The zero-order valence-corrected chi connectivity index (χ0v) is 18.0. The molecular formula is C24H42O4. The Kier molecular flexibility index (Phi) is 7.47. The van der Waals surface area contributed by atoms with E-state index in [0.717, 1.165) is 32.1 Å². The summed E-state index contributed by atoms with van der Waals surface area (Å²) in [5, 5.41) is 30.3. The fourth-order valence-electron chi connectivity index (χ4n) is 6.69. The number of fused-ring (bicyclic) bond motifs is 1. The molecule has 4 heteroatoms. The summed E-state index contributed by atoms with van der Waals surface area (Å²) < 4.78 is 0. The van der Waals surface area contributed by atoms with Gasteiger partial charge in [0, 0.05) is 0 Å². The summed E-state index contributed by atoms with van der Waals surface area (Å²) in [7, 11) is 0. The molecule has 6 atom stereocenters. The number of hydrogen-bond donors (Lipinski definition) is 3. The molecule has 3 fully saturated rings. The summed E-state index contributed by atoms with van der Waals surface area (Å²) in [6.07, 6.45) is 13.3. The third-order valence-electron chi connectivity index (χ3n) is 8.28. The van der Waals surface area contributed by atoms with Crippen molar-refractivity contribution < 1.29 is 20.1 Å². The maximum atomic E-state index is 11.0. The van der Waals surface area contributed by atoms with Crippen LogP contribution in [0.15, 0.2) is 0 Å². The molecule has 3 rings (SSSR count). The summed E-state index contributed by atoms with van der Waals surface area (Å²) >= 11 is 0. The molecule has 3 aliphatic carbocycles. The molecule has 0 amide bonds. The van der Waals surface area contributed by atoms with E-state index in [2.05, 4.69) is 13.8 Å². The van der Waals surface area contributed by atoms with Gasteiger partial charge in [-0.05, 0) is 92.8 Å². The first-order valence-electron chi connectivity index (χ1n) is 11.8. The van der Waals surface area contributed by atoms with Gasteiger partial charge in [-0.25, -0.2) is 0 Å². The Bertz CT molecular complexity index is 511. The molecule has 3 aliphatic rings. The lowest BCUT2D eigenvalue weighted by atomic mass is 9.79. The highest BCUT2D eigenvalue weighted by molar-refractivity contribution is 5.67. The van der Waals surface area contributed by atoms with Crippen LogP contribution in [0.3, 0.4) is 0 Å². The summed E-state index contributed by atoms with van der Waals surface area (Å²) in [5.74, 6) is 2.08. The topological polar surface area (TPSA) is 77.8 Å². The molecule has 0 aromatic rings. The minimum Gasteiger partial charge on any atom is -0.481 e. The van der Waals surface area contributed by atoms with Crippen LogP contribution >= 0.6 is 0 Å². The van der Waals surface area contributed by atoms with Crippen LogP contribution in [0.2, 0.25) is 0 Å². The molecule has 0 radical (unpaired) electrons. The quantitative estimate of drug-likeness (QED) is 0.513. The molecule has 3 saturated carbocycles. The average Bonchev–Trinajstić information content (AvgIpc) is 3.14. The van der Waals surface area contributed by atoms with E-state index in [0.29, 0.717) is 29.6 Å². The number of carboxylic acid groups (broad SMARTS) is 1. The molecule has 4 nitrogen and oxygen atoms in total. The lowest BCUT2D eigenvalue weighted by Crippen LogP contribution is -2.26.